The van der Waals surface area contributed by atoms with Gasteiger partial charge in [-0.2, -0.15) is 5.26 Å². The minimum atomic E-state index is -0.511. The highest BCUT2D eigenvalue weighted by molar-refractivity contribution is 5.92. The average Bonchev–Trinajstić information content (AvgIpc) is 3.10. The molecule has 0 aliphatic carbocycles. The summed E-state index contributed by atoms with van der Waals surface area (Å²) in [6.07, 6.45) is 5.87. The van der Waals surface area contributed by atoms with Gasteiger partial charge in [0.2, 0.25) is 0 Å². The average molecular weight is 444 g/mol. The third-order valence-corrected chi connectivity index (χ3v) is 5.50. The van der Waals surface area contributed by atoms with Gasteiger partial charge in [0.05, 0.1) is 25.4 Å². The summed E-state index contributed by atoms with van der Waals surface area (Å²) < 4.78 is 18.1. The Morgan fingerprint density at radius 2 is 1.85 bits per heavy atom. The fourth-order valence-electron chi connectivity index (χ4n) is 3.74. The lowest BCUT2D eigenvalue weighted by Crippen LogP contribution is -2.09. The van der Waals surface area contributed by atoms with E-state index < -0.39 is 5.97 Å². The van der Waals surface area contributed by atoms with Crippen molar-refractivity contribution in [3.05, 3.63) is 65.2 Å². The predicted molar refractivity (Wildman–Crippen MR) is 122 cm³/mol. The van der Waals surface area contributed by atoms with Crippen molar-refractivity contribution >= 4 is 17.6 Å². The van der Waals surface area contributed by atoms with Crippen LogP contribution in [0.2, 0.25) is 0 Å². The van der Waals surface area contributed by atoms with Gasteiger partial charge >= 0.3 is 5.97 Å². The number of benzene rings is 2. The molecule has 0 unspecified atom stereocenters. The van der Waals surface area contributed by atoms with E-state index in [1.54, 1.807) is 55.7 Å². The van der Waals surface area contributed by atoms with Gasteiger partial charge in [0.15, 0.2) is 17.3 Å². The van der Waals surface area contributed by atoms with Crippen LogP contribution in [0.1, 0.15) is 46.8 Å². The molecule has 0 radical (unpaired) electrons. The van der Waals surface area contributed by atoms with Crippen LogP contribution < -0.4 is 14.2 Å². The van der Waals surface area contributed by atoms with Gasteiger partial charge in [-0.3, -0.25) is 0 Å². The molecule has 1 aliphatic rings. The zero-order valence-electron chi connectivity index (χ0n) is 18.6. The fraction of sp³-hybridized carbons (Fsp3) is 0.280. The van der Waals surface area contributed by atoms with Crippen LogP contribution in [0, 0.1) is 11.3 Å². The molecule has 33 heavy (non-hydrogen) atoms. The van der Waals surface area contributed by atoms with Gasteiger partial charge in [0.25, 0.3) is 0 Å². The summed E-state index contributed by atoms with van der Waals surface area (Å²) in [5, 5.41) is 18.3. The number of nitriles is 1. The number of allylic oxidation sites excluding steroid dienone is 1. The molecule has 1 aliphatic heterocycles. The second-order valence-corrected chi connectivity index (χ2v) is 7.60. The molecule has 0 N–H and O–H groups in total. The summed E-state index contributed by atoms with van der Waals surface area (Å²) >= 11 is 0. The summed E-state index contributed by atoms with van der Waals surface area (Å²) in [7, 11) is 3.06. The van der Waals surface area contributed by atoms with E-state index in [1.807, 2.05) is 4.57 Å². The number of carbonyl (C=O) groups excluding carboxylic acids is 1. The number of rotatable bonds is 6. The Hall–Kier alpha value is -4.12. The van der Waals surface area contributed by atoms with Crippen molar-refractivity contribution in [2.45, 2.75) is 32.2 Å². The van der Waals surface area contributed by atoms with E-state index in [9.17, 15) is 10.1 Å². The van der Waals surface area contributed by atoms with Crippen LogP contribution in [0.15, 0.2) is 42.5 Å². The monoisotopic (exact) mass is 444 g/mol. The van der Waals surface area contributed by atoms with Crippen LogP contribution in [0.3, 0.4) is 0 Å². The van der Waals surface area contributed by atoms with E-state index in [0.29, 0.717) is 28.5 Å². The Morgan fingerprint density at radius 1 is 1.03 bits per heavy atom. The molecule has 0 amide bonds. The van der Waals surface area contributed by atoms with Crippen LogP contribution >= 0.6 is 0 Å². The quantitative estimate of drug-likeness (QED) is 0.317. The second kappa shape index (κ2) is 10.0. The maximum atomic E-state index is 12.5. The summed E-state index contributed by atoms with van der Waals surface area (Å²) in [4.78, 5) is 12.5. The maximum absolute atomic E-state index is 12.5. The predicted octanol–water partition coefficient (Wildman–Crippen LogP) is 4.31. The first-order valence-electron chi connectivity index (χ1n) is 10.7. The number of aryl methyl sites for hydroxylation is 1. The van der Waals surface area contributed by atoms with Gasteiger partial charge in [-0.1, -0.05) is 12.5 Å². The number of methoxy groups -OCH3 is 2. The number of aromatic nitrogens is 3. The van der Waals surface area contributed by atoms with E-state index >= 15 is 0 Å². The summed E-state index contributed by atoms with van der Waals surface area (Å²) in [6.45, 7) is 0.806. The molecule has 0 bridgehead atoms. The molecule has 168 valence electrons. The minimum absolute atomic E-state index is 0.283. The molecule has 8 nitrogen and oxygen atoms in total. The fourth-order valence-corrected chi connectivity index (χ4v) is 3.74. The van der Waals surface area contributed by atoms with Crippen molar-refractivity contribution in [1.29, 1.82) is 5.26 Å². The lowest BCUT2D eigenvalue weighted by Gasteiger charge is -2.11. The molecule has 8 heteroatoms. The van der Waals surface area contributed by atoms with E-state index in [0.717, 1.165) is 43.6 Å². The number of hydrogen-bond donors (Lipinski definition) is 0. The third-order valence-electron chi connectivity index (χ3n) is 5.50. The van der Waals surface area contributed by atoms with Gasteiger partial charge in [-0.25, -0.2) is 4.79 Å². The molecule has 4 rings (SSSR count). The van der Waals surface area contributed by atoms with Gasteiger partial charge in [-0.05, 0) is 60.9 Å². The van der Waals surface area contributed by atoms with E-state index in [2.05, 4.69) is 16.3 Å². The van der Waals surface area contributed by atoms with E-state index in [-0.39, 0.29) is 5.75 Å². The highest BCUT2D eigenvalue weighted by Crippen LogP contribution is 2.31. The maximum Gasteiger partial charge on any atom is 0.343 e. The molecule has 0 saturated carbocycles. The Bertz CT molecular complexity index is 1220. The lowest BCUT2D eigenvalue weighted by molar-refractivity contribution is 0.0729. The first kappa shape index (κ1) is 22.1. The summed E-state index contributed by atoms with van der Waals surface area (Å²) in [5.74, 6) is 2.29. The summed E-state index contributed by atoms with van der Waals surface area (Å²) in [5.41, 5.74) is 1.53. The van der Waals surface area contributed by atoms with Crippen LogP contribution in [-0.2, 0) is 13.0 Å². The lowest BCUT2D eigenvalue weighted by atomic mass is 10.1. The SMILES string of the molecule is COc1ccc(C(=O)Oc2ccc(C=C(C#N)c3nnc4n3CCCCC4)cc2OC)cc1. The van der Waals surface area contributed by atoms with Gasteiger partial charge in [0.1, 0.15) is 17.6 Å². The Morgan fingerprint density at radius 3 is 2.58 bits per heavy atom. The van der Waals surface area contributed by atoms with Crippen molar-refractivity contribution in [3.8, 4) is 23.3 Å². The Balaban J connectivity index is 1.58. The molecular weight excluding hydrogens is 420 g/mol. The highest BCUT2D eigenvalue weighted by Gasteiger charge is 2.18. The highest BCUT2D eigenvalue weighted by atomic mass is 16.6. The van der Waals surface area contributed by atoms with Crippen LogP contribution in [0.5, 0.6) is 17.2 Å². The zero-order valence-corrected chi connectivity index (χ0v) is 18.6. The largest absolute Gasteiger partial charge is 0.497 e. The number of fused-ring (bicyclic) bond motifs is 1. The number of nitrogens with zero attached hydrogens (tertiary/aromatic N) is 4. The second-order valence-electron chi connectivity index (χ2n) is 7.60. The molecule has 0 fully saturated rings. The Labute approximate surface area is 192 Å². The van der Waals surface area contributed by atoms with Crippen molar-refractivity contribution < 1.29 is 19.0 Å². The van der Waals surface area contributed by atoms with Gasteiger partial charge in [0, 0.05) is 13.0 Å². The third kappa shape index (κ3) is 4.88. The first-order valence-corrected chi connectivity index (χ1v) is 10.7. The normalized spacial score (nSPS) is 13.4. The van der Waals surface area contributed by atoms with Crippen molar-refractivity contribution in [3.63, 3.8) is 0 Å². The molecular formula is C25H24N4O4. The van der Waals surface area contributed by atoms with Crippen LogP contribution in [-0.4, -0.2) is 35.0 Å². The molecule has 0 spiro atoms. The van der Waals surface area contributed by atoms with Gasteiger partial charge < -0.3 is 18.8 Å². The number of carbonyl (C=O) groups is 1. The standard InChI is InChI=1S/C25H24N4O4/c1-31-20-10-8-18(9-11-20)25(30)33-21-12-7-17(15-22(21)32-2)14-19(16-26)24-28-27-23-6-4-3-5-13-29(23)24/h7-12,14-15H,3-6,13H2,1-2H3. The first-order chi connectivity index (χ1) is 16.1. The van der Waals surface area contributed by atoms with E-state index in [1.165, 1.54) is 7.11 Å². The van der Waals surface area contributed by atoms with Crippen molar-refractivity contribution in [1.82, 2.24) is 14.8 Å². The van der Waals surface area contributed by atoms with Crippen LogP contribution in [0.25, 0.3) is 11.6 Å². The smallest absolute Gasteiger partial charge is 0.343 e. The molecule has 0 saturated heterocycles. The summed E-state index contributed by atoms with van der Waals surface area (Å²) in [6, 6.07) is 14.0. The van der Waals surface area contributed by atoms with E-state index in [4.69, 9.17) is 14.2 Å². The van der Waals surface area contributed by atoms with Crippen LogP contribution in [0.4, 0.5) is 0 Å². The molecule has 3 aromatic rings. The Kier molecular flexibility index (Phi) is 6.69. The topological polar surface area (TPSA) is 99.3 Å². The zero-order chi connectivity index (χ0) is 23.2. The molecule has 0 atom stereocenters. The number of hydrogen-bond acceptors (Lipinski definition) is 7. The minimum Gasteiger partial charge on any atom is -0.497 e. The van der Waals surface area contributed by atoms with Crippen molar-refractivity contribution in [2.75, 3.05) is 14.2 Å². The number of esters is 1. The molecule has 2 aromatic carbocycles. The van der Waals surface area contributed by atoms with Gasteiger partial charge in [-0.15, -0.1) is 10.2 Å². The van der Waals surface area contributed by atoms with Crippen molar-refractivity contribution in [2.24, 2.45) is 0 Å². The number of ether oxygens (including phenoxy) is 3. The molecule has 2 heterocycles. The molecule has 1 aromatic heterocycles.